The third-order valence-corrected chi connectivity index (χ3v) is 2.67. The number of aromatic nitrogens is 1. The van der Waals surface area contributed by atoms with Crippen LogP contribution in [0.15, 0.2) is 47.4 Å². The van der Waals surface area contributed by atoms with Crippen LogP contribution in [-0.2, 0) is 6.54 Å². The number of pyridine rings is 1. The van der Waals surface area contributed by atoms with Crippen LogP contribution >= 0.6 is 0 Å². The van der Waals surface area contributed by atoms with Crippen LogP contribution in [0.2, 0.25) is 0 Å². The maximum Gasteiger partial charge on any atom is 0.251 e. The fourth-order valence-electron chi connectivity index (χ4n) is 1.71. The summed E-state index contributed by atoms with van der Waals surface area (Å²) in [6.45, 7) is 0.343. The summed E-state index contributed by atoms with van der Waals surface area (Å²) in [7, 11) is 1.58. The normalized spacial score (nSPS) is 9.95. The molecule has 0 unspecified atom stereocenters. The Kier molecular flexibility index (Phi) is 3.97. The first-order chi connectivity index (χ1) is 9.20. The van der Waals surface area contributed by atoms with Gasteiger partial charge in [-0.3, -0.25) is 9.59 Å². The molecule has 0 atom stereocenters. The minimum absolute atomic E-state index is 0.294. The van der Waals surface area contributed by atoms with Crippen LogP contribution < -0.4 is 15.6 Å². The SMILES string of the molecule is COc1ccccc1CNC(=O)c1cc[nH]c(=O)c1. The molecule has 5 heteroatoms. The minimum Gasteiger partial charge on any atom is -0.496 e. The zero-order chi connectivity index (χ0) is 13.7. The van der Waals surface area contributed by atoms with E-state index in [4.69, 9.17) is 4.74 Å². The van der Waals surface area contributed by atoms with E-state index in [1.54, 1.807) is 13.2 Å². The van der Waals surface area contributed by atoms with Crippen molar-refractivity contribution in [1.29, 1.82) is 0 Å². The summed E-state index contributed by atoms with van der Waals surface area (Å²) in [6, 6.07) is 10.3. The second-order valence-electron chi connectivity index (χ2n) is 3.94. The monoisotopic (exact) mass is 258 g/mol. The lowest BCUT2D eigenvalue weighted by Crippen LogP contribution is -2.24. The minimum atomic E-state index is -0.301. The lowest BCUT2D eigenvalue weighted by Gasteiger charge is -2.09. The van der Waals surface area contributed by atoms with Crippen LogP contribution in [0, 0.1) is 0 Å². The third kappa shape index (κ3) is 3.22. The molecule has 2 N–H and O–H groups in total. The van der Waals surface area contributed by atoms with E-state index >= 15 is 0 Å². The Labute approximate surface area is 110 Å². The van der Waals surface area contributed by atoms with Gasteiger partial charge in [0.25, 0.3) is 5.91 Å². The van der Waals surface area contributed by atoms with Gasteiger partial charge < -0.3 is 15.0 Å². The molecule has 0 bridgehead atoms. The molecule has 0 fully saturated rings. The number of carbonyl (C=O) groups is 1. The average Bonchev–Trinajstić information content (AvgIpc) is 2.45. The molecule has 0 spiro atoms. The first-order valence-corrected chi connectivity index (χ1v) is 5.79. The van der Waals surface area contributed by atoms with Gasteiger partial charge in [0, 0.05) is 29.9 Å². The maximum atomic E-state index is 11.9. The van der Waals surface area contributed by atoms with E-state index in [0.29, 0.717) is 17.9 Å². The van der Waals surface area contributed by atoms with Gasteiger partial charge in [0.15, 0.2) is 0 Å². The summed E-state index contributed by atoms with van der Waals surface area (Å²) < 4.78 is 5.20. The van der Waals surface area contributed by atoms with E-state index in [0.717, 1.165) is 5.56 Å². The Balaban J connectivity index is 2.06. The molecular weight excluding hydrogens is 244 g/mol. The van der Waals surface area contributed by atoms with Crippen molar-refractivity contribution in [3.8, 4) is 5.75 Å². The van der Waals surface area contributed by atoms with Gasteiger partial charge in [-0.2, -0.15) is 0 Å². The van der Waals surface area contributed by atoms with Gasteiger partial charge in [-0.15, -0.1) is 0 Å². The van der Waals surface area contributed by atoms with Gasteiger partial charge in [0.2, 0.25) is 5.56 Å². The number of para-hydroxylation sites is 1. The van der Waals surface area contributed by atoms with Crippen LogP contribution in [0.3, 0.4) is 0 Å². The zero-order valence-electron chi connectivity index (χ0n) is 10.5. The molecule has 0 radical (unpaired) electrons. The number of carbonyl (C=O) groups excluding carboxylic acids is 1. The fourth-order valence-corrected chi connectivity index (χ4v) is 1.71. The summed E-state index contributed by atoms with van der Waals surface area (Å²) in [6.07, 6.45) is 1.44. The molecule has 1 aromatic heterocycles. The van der Waals surface area contributed by atoms with E-state index in [2.05, 4.69) is 10.3 Å². The molecule has 0 aliphatic heterocycles. The molecule has 0 saturated carbocycles. The number of hydrogen-bond acceptors (Lipinski definition) is 3. The number of aromatic amines is 1. The van der Waals surface area contributed by atoms with Crippen molar-refractivity contribution in [2.45, 2.75) is 6.54 Å². The summed E-state index contributed by atoms with van der Waals surface area (Å²) in [5, 5.41) is 2.75. The van der Waals surface area contributed by atoms with Crippen molar-refractivity contribution < 1.29 is 9.53 Å². The van der Waals surface area contributed by atoms with Crippen LogP contribution in [0.5, 0.6) is 5.75 Å². The number of benzene rings is 1. The summed E-state index contributed by atoms with van der Waals surface area (Å²) in [4.78, 5) is 25.4. The fraction of sp³-hybridized carbons (Fsp3) is 0.143. The van der Waals surface area contributed by atoms with Crippen LogP contribution in [-0.4, -0.2) is 18.0 Å². The molecule has 98 valence electrons. The van der Waals surface area contributed by atoms with Crippen molar-refractivity contribution >= 4 is 5.91 Å². The molecular formula is C14H14N2O3. The van der Waals surface area contributed by atoms with Crippen LogP contribution in [0.25, 0.3) is 0 Å². The largest absolute Gasteiger partial charge is 0.496 e. The van der Waals surface area contributed by atoms with Gasteiger partial charge in [0.05, 0.1) is 7.11 Å². The Hall–Kier alpha value is -2.56. The molecule has 5 nitrogen and oxygen atoms in total. The molecule has 2 aromatic rings. The van der Waals surface area contributed by atoms with Gasteiger partial charge >= 0.3 is 0 Å². The number of hydrogen-bond donors (Lipinski definition) is 2. The van der Waals surface area contributed by atoms with Crippen molar-refractivity contribution in [2.24, 2.45) is 0 Å². The van der Waals surface area contributed by atoms with Gasteiger partial charge in [-0.05, 0) is 12.1 Å². The van der Waals surface area contributed by atoms with E-state index in [-0.39, 0.29) is 11.5 Å². The Morgan fingerprint density at radius 3 is 2.84 bits per heavy atom. The van der Waals surface area contributed by atoms with Crippen molar-refractivity contribution in [3.05, 3.63) is 64.1 Å². The van der Waals surface area contributed by atoms with E-state index in [1.807, 2.05) is 24.3 Å². The molecule has 1 amide bonds. The molecule has 19 heavy (non-hydrogen) atoms. The Morgan fingerprint density at radius 1 is 1.32 bits per heavy atom. The van der Waals surface area contributed by atoms with Crippen LogP contribution in [0.1, 0.15) is 15.9 Å². The number of H-pyrrole nitrogens is 1. The zero-order valence-corrected chi connectivity index (χ0v) is 10.5. The second-order valence-corrected chi connectivity index (χ2v) is 3.94. The molecule has 0 saturated heterocycles. The molecule has 1 aromatic carbocycles. The number of amides is 1. The number of rotatable bonds is 4. The molecule has 1 heterocycles. The highest BCUT2D eigenvalue weighted by atomic mass is 16.5. The predicted octanol–water partition coefficient (Wildman–Crippen LogP) is 1.31. The summed E-state index contributed by atoms with van der Waals surface area (Å²) in [5.74, 6) is 0.422. The first kappa shape index (κ1) is 12.9. The first-order valence-electron chi connectivity index (χ1n) is 5.79. The topological polar surface area (TPSA) is 71.2 Å². The van der Waals surface area contributed by atoms with Gasteiger partial charge in [0.1, 0.15) is 5.75 Å². The lowest BCUT2D eigenvalue weighted by atomic mass is 10.2. The van der Waals surface area contributed by atoms with E-state index in [9.17, 15) is 9.59 Å². The summed E-state index contributed by atoms with van der Waals surface area (Å²) >= 11 is 0. The Morgan fingerprint density at radius 2 is 2.11 bits per heavy atom. The standard InChI is InChI=1S/C14H14N2O3/c1-19-12-5-3-2-4-11(12)9-16-14(18)10-6-7-15-13(17)8-10/h2-8H,9H2,1H3,(H,15,17)(H,16,18). The average molecular weight is 258 g/mol. The van der Waals surface area contributed by atoms with Crippen LogP contribution in [0.4, 0.5) is 0 Å². The van der Waals surface area contributed by atoms with E-state index < -0.39 is 0 Å². The number of nitrogens with one attached hydrogen (secondary N) is 2. The van der Waals surface area contributed by atoms with Crippen molar-refractivity contribution in [1.82, 2.24) is 10.3 Å². The highest BCUT2D eigenvalue weighted by molar-refractivity contribution is 5.93. The summed E-state index contributed by atoms with van der Waals surface area (Å²) in [5.41, 5.74) is 0.909. The second kappa shape index (κ2) is 5.86. The Bertz CT molecular complexity index is 634. The van der Waals surface area contributed by atoms with Crippen molar-refractivity contribution in [2.75, 3.05) is 7.11 Å². The number of ether oxygens (including phenoxy) is 1. The molecule has 0 aliphatic rings. The third-order valence-electron chi connectivity index (χ3n) is 2.67. The predicted molar refractivity (Wildman–Crippen MR) is 71.2 cm³/mol. The molecule has 2 rings (SSSR count). The highest BCUT2D eigenvalue weighted by Gasteiger charge is 2.07. The molecule has 0 aliphatic carbocycles. The smallest absolute Gasteiger partial charge is 0.251 e. The van der Waals surface area contributed by atoms with Gasteiger partial charge in [-0.1, -0.05) is 18.2 Å². The van der Waals surface area contributed by atoms with E-state index in [1.165, 1.54) is 12.3 Å². The van der Waals surface area contributed by atoms with Crippen molar-refractivity contribution in [3.63, 3.8) is 0 Å². The lowest BCUT2D eigenvalue weighted by molar-refractivity contribution is 0.0950. The number of methoxy groups -OCH3 is 1. The van der Waals surface area contributed by atoms with Gasteiger partial charge in [-0.25, -0.2) is 0 Å². The quantitative estimate of drug-likeness (QED) is 0.868. The maximum absolute atomic E-state index is 11.9. The highest BCUT2D eigenvalue weighted by Crippen LogP contribution is 2.16.